The fraction of sp³-hybridized carbons (Fsp3) is 0.458. The average Bonchev–Trinajstić information content (AvgIpc) is 3.43. The molecule has 0 aromatic heterocycles. The number of aliphatic imine (C=N–C) groups is 1. The molecule has 0 bridgehead atoms. The number of guanidine groups is 1. The minimum absolute atomic E-state index is 0. The third-order valence-corrected chi connectivity index (χ3v) is 6.32. The maximum atomic E-state index is 5.36. The molecule has 2 fully saturated rings. The van der Waals surface area contributed by atoms with Crippen molar-refractivity contribution in [2.45, 2.75) is 24.7 Å². The van der Waals surface area contributed by atoms with Crippen LogP contribution in [0.4, 0.5) is 5.69 Å². The quantitative estimate of drug-likeness (QED) is 0.329. The zero-order valence-corrected chi connectivity index (χ0v) is 20.3. The first-order chi connectivity index (χ1) is 14.2. The number of methoxy groups -OCH3 is 1. The van der Waals surface area contributed by atoms with Crippen molar-refractivity contribution in [3.8, 4) is 5.75 Å². The number of rotatable bonds is 7. The molecule has 5 nitrogen and oxygen atoms in total. The largest absolute Gasteiger partial charge is 0.497 e. The topological polar surface area (TPSA) is 48.9 Å². The van der Waals surface area contributed by atoms with Gasteiger partial charge in [0.25, 0.3) is 0 Å². The molecule has 4 rings (SSSR count). The summed E-state index contributed by atoms with van der Waals surface area (Å²) < 4.78 is 5.36. The molecule has 2 N–H and O–H groups in total. The van der Waals surface area contributed by atoms with E-state index in [9.17, 15) is 0 Å². The highest BCUT2D eigenvalue weighted by Crippen LogP contribution is 2.47. The molecule has 2 aromatic rings. The van der Waals surface area contributed by atoms with Gasteiger partial charge >= 0.3 is 0 Å². The second kappa shape index (κ2) is 10.4. The maximum absolute atomic E-state index is 5.36. The highest BCUT2D eigenvalue weighted by molar-refractivity contribution is 14.0. The molecular formula is C24H33IN4O. The Morgan fingerprint density at radius 3 is 2.63 bits per heavy atom. The van der Waals surface area contributed by atoms with Crippen LogP contribution < -0.4 is 20.3 Å². The van der Waals surface area contributed by atoms with E-state index in [4.69, 9.17) is 4.74 Å². The highest BCUT2D eigenvalue weighted by atomic mass is 127. The molecule has 1 aliphatic carbocycles. The first-order valence-corrected chi connectivity index (χ1v) is 10.6. The Hall–Kier alpha value is -1.96. The summed E-state index contributed by atoms with van der Waals surface area (Å²) >= 11 is 0. The summed E-state index contributed by atoms with van der Waals surface area (Å²) in [6.07, 6.45) is 3.69. The van der Waals surface area contributed by atoms with Gasteiger partial charge < -0.3 is 20.3 Å². The predicted molar refractivity (Wildman–Crippen MR) is 135 cm³/mol. The van der Waals surface area contributed by atoms with Crippen LogP contribution in [0, 0.1) is 5.92 Å². The second-order valence-corrected chi connectivity index (χ2v) is 8.26. The summed E-state index contributed by atoms with van der Waals surface area (Å²) in [5, 5.41) is 7.11. The number of benzene rings is 2. The van der Waals surface area contributed by atoms with Gasteiger partial charge in [-0.05, 0) is 42.9 Å². The molecule has 1 aliphatic heterocycles. The van der Waals surface area contributed by atoms with Crippen LogP contribution in [0.1, 0.15) is 24.8 Å². The summed E-state index contributed by atoms with van der Waals surface area (Å²) in [7, 11) is 3.58. The van der Waals surface area contributed by atoms with Crippen LogP contribution in [0.5, 0.6) is 5.75 Å². The van der Waals surface area contributed by atoms with E-state index in [1.807, 2.05) is 13.1 Å². The monoisotopic (exact) mass is 520 g/mol. The molecule has 0 spiro atoms. The van der Waals surface area contributed by atoms with Crippen LogP contribution in [0.2, 0.25) is 0 Å². The van der Waals surface area contributed by atoms with E-state index in [0.717, 1.165) is 37.9 Å². The Bertz CT molecular complexity index is 838. The normalized spacial score (nSPS) is 19.7. The third kappa shape index (κ3) is 5.39. The molecule has 6 heteroatoms. The number of nitrogens with one attached hydrogen (secondary N) is 2. The molecule has 1 heterocycles. The van der Waals surface area contributed by atoms with E-state index in [1.165, 1.54) is 30.5 Å². The van der Waals surface area contributed by atoms with Crippen LogP contribution >= 0.6 is 24.0 Å². The molecule has 162 valence electrons. The Kier molecular flexibility index (Phi) is 7.86. The lowest BCUT2D eigenvalue weighted by Gasteiger charge is -2.21. The van der Waals surface area contributed by atoms with Crippen molar-refractivity contribution in [3.05, 3.63) is 60.2 Å². The Labute approximate surface area is 197 Å². The minimum Gasteiger partial charge on any atom is -0.497 e. The number of ether oxygens (including phenoxy) is 1. The summed E-state index contributed by atoms with van der Waals surface area (Å²) in [6.45, 7) is 4.03. The smallest absolute Gasteiger partial charge is 0.191 e. The summed E-state index contributed by atoms with van der Waals surface area (Å²) in [5.41, 5.74) is 2.97. The Morgan fingerprint density at radius 1 is 1.13 bits per heavy atom. The number of hydrogen-bond acceptors (Lipinski definition) is 3. The van der Waals surface area contributed by atoms with Crippen molar-refractivity contribution in [3.63, 3.8) is 0 Å². The van der Waals surface area contributed by atoms with Crippen molar-refractivity contribution in [1.82, 2.24) is 10.6 Å². The molecule has 0 radical (unpaired) electrons. The third-order valence-electron chi connectivity index (χ3n) is 6.32. The lowest BCUT2D eigenvalue weighted by atomic mass is 9.96. The fourth-order valence-electron chi connectivity index (χ4n) is 4.27. The van der Waals surface area contributed by atoms with E-state index < -0.39 is 0 Å². The zero-order valence-electron chi connectivity index (χ0n) is 17.9. The summed E-state index contributed by atoms with van der Waals surface area (Å²) in [5.74, 6) is 2.44. The molecule has 2 aliphatic rings. The van der Waals surface area contributed by atoms with Gasteiger partial charge in [0.05, 0.1) is 7.11 Å². The number of anilines is 1. The number of nitrogens with zero attached hydrogens (tertiary/aromatic N) is 2. The van der Waals surface area contributed by atoms with E-state index in [2.05, 4.69) is 69.1 Å². The van der Waals surface area contributed by atoms with Gasteiger partial charge in [-0.1, -0.05) is 36.4 Å². The second-order valence-electron chi connectivity index (χ2n) is 8.26. The van der Waals surface area contributed by atoms with Gasteiger partial charge in [0.2, 0.25) is 0 Å². The fourth-order valence-corrected chi connectivity index (χ4v) is 4.27. The molecular weight excluding hydrogens is 487 g/mol. The van der Waals surface area contributed by atoms with Gasteiger partial charge in [-0.25, -0.2) is 0 Å². The minimum atomic E-state index is 0. The molecule has 1 saturated carbocycles. The van der Waals surface area contributed by atoms with Crippen LogP contribution in [-0.4, -0.2) is 46.3 Å². The van der Waals surface area contributed by atoms with Crippen molar-refractivity contribution < 1.29 is 4.74 Å². The standard InChI is InChI=1S/C24H32N4O.HI/c1-25-23(27-18-24(12-13-24)20-7-4-3-5-8-20)26-16-19-11-14-28(17-19)21-9-6-10-22(15-21)29-2;/h3-10,15,19H,11-14,16-18H2,1-2H3,(H2,25,26,27);1H. The van der Waals surface area contributed by atoms with Gasteiger partial charge in [0, 0.05) is 50.4 Å². The molecule has 1 atom stereocenters. The molecule has 2 aromatic carbocycles. The van der Waals surface area contributed by atoms with Crippen molar-refractivity contribution in [2.24, 2.45) is 10.9 Å². The van der Waals surface area contributed by atoms with Crippen LogP contribution in [0.25, 0.3) is 0 Å². The Balaban J connectivity index is 0.00000256. The van der Waals surface area contributed by atoms with Gasteiger partial charge in [-0.3, -0.25) is 4.99 Å². The average molecular weight is 520 g/mol. The van der Waals surface area contributed by atoms with E-state index >= 15 is 0 Å². The lowest BCUT2D eigenvalue weighted by molar-refractivity contribution is 0.415. The van der Waals surface area contributed by atoms with Crippen molar-refractivity contribution in [2.75, 3.05) is 45.2 Å². The zero-order chi connectivity index (χ0) is 20.1. The van der Waals surface area contributed by atoms with Crippen molar-refractivity contribution >= 4 is 35.6 Å². The molecule has 30 heavy (non-hydrogen) atoms. The van der Waals surface area contributed by atoms with E-state index in [0.29, 0.717) is 5.92 Å². The van der Waals surface area contributed by atoms with Gasteiger partial charge in [-0.15, -0.1) is 24.0 Å². The van der Waals surface area contributed by atoms with Gasteiger partial charge in [0.15, 0.2) is 5.96 Å². The summed E-state index contributed by atoms with van der Waals surface area (Å²) in [6, 6.07) is 19.2. The summed E-state index contributed by atoms with van der Waals surface area (Å²) in [4.78, 5) is 6.88. The first kappa shape index (κ1) is 22.7. The molecule has 1 unspecified atom stereocenters. The highest BCUT2D eigenvalue weighted by Gasteiger charge is 2.44. The molecule has 0 amide bonds. The van der Waals surface area contributed by atoms with E-state index in [-0.39, 0.29) is 29.4 Å². The number of halogens is 1. The first-order valence-electron chi connectivity index (χ1n) is 10.6. The number of hydrogen-bond donors (Lipinski definition) is 2. The van der Waals surface area contributed by atoms with Crippen molar-refractivity contribution in [1.29, 1.82) is 0 Å². The predicted octanol–water partition coefficient (Wildman–Crippen LogP) is 4.04. The van der Waals surface area contributed by atoms with Crippen LogP contribution in [-0.2, 0) is 5.41 Å². The maximum Gasteiger partial charge on any atom is 0.191 e. The molecule has 1 saturated heterocycles. The van der Waals surface area contributed by atoms with Gasteiger partial charge in [0.1, 0.15) is 5.75 Å². The SMILES string of the molecule is CN=C(NCC1CCN(c2cccc(OC)c2)C1)NCC1(c2ccccc2)CC1.I. The van der Waals surface area contributed by atoms with Gasteiger partial charge in [-0.2, -0.15) is 0 Å². The van der Waals surface area contributed by atoms with E-state index in [1.54, 1.807) is 7.11 Å². The Morgan fingerprint density at radius 2 is 1.93 bits per heavy atom. The lowest BCUT2D eigenvalue weighted by Crippen LogP contribution is -2.43. The van der Waals surface area contributed by atoms with Crippen LogP contribution in [0.15, 0.2) is 59.6 Å². The van der Waals surface area contributed by atoms with Crippen LogP contribution in [0.3, 0.4) is 0 Å².